The van der Waals surface area contributed by atoms with Gasteiger partial charge >= 0.3 is 6.61 Å². The van der Waals surface area contributed by atoms with E-state index >= 15 is 0 Å². The lowest BCUT2D eigenvalue weighted by atomic mass is 10.1. The summed E-state index contributed by atoms with van der Waals surface area (Å²) in [6.45, 7) is 3.49. The Morgan fingerprint density at radius 2 is 2.05 bits per heavy atom. The van der Waals surface area contributed by atoms with Gasteiger partial charge in [0.1, 0.15) is 0 Å². The second-order valence-electron chi connectivity index (χ2n) is 5.94. The quantitative estimate of drug-likeness (QED) is 0.795. The molecule has 118 valence electrons. The molecule has 0 spiro atoms. The van der Waals surface area contributed by atoms with Gasteiger partial charge in [-0.3, -0.25) is 0 Å². The fourth-order valence-electron chi connectivity index (χ4n) is 2.55. The number of benzene rings is 1. The van der Waals surface area contributed by atoms with Crippen molar-refractivity contribution in [2.45, 2.75) is 32.8 Å². The number of rotatable bonds is 8. The monoisotopic (exact) mass is 299 g/mol. The molecule has 0 saturated heterocycles. The van der Waals surface area contributed by atoms with Gasteiger partial charge in [-0.05, 0) is 55.0 Å². The molecule has 1 aromatic carbocycles. The summed E-state index contributed by atoms with van der Waals surface area (Å²) in [5.74, 6) is 2.10. The van der Waals surface area contributed by atoms with Crippen molar-refractivity contribution < 1.29 is 18.3 Å². The summed E-state index contributed by atoms with van der Waals surface area (Å²) in [6, 6.07) is 5.31. The molecule has 1 aromatic rings. The van der Waals surface area contributed by atoms with Crippen molar-refractivity contribution in [1.29, 1.82) is 0 Å². The van der Waals surface area contributed by atoms with Gasteiger partial charge in [0, 0.05) is 0 Å². The minimum absolute atomic E-state index is 0.116. The smallest absolute Gasteiger partial charge is 0.387 e. The Kier molecular flexibility index (Phi) is 5.39. The first-order valence-electron chi connectivity index (χ1n) is 7.34. The summed E-state index contributed by atoms with van der Waals surface area (Å²) < 4.78 is 34.4. The molecule has 1 fully saturated rings. The van der Waals surface area contributed by atoms with Crippen LogP contribution in [-0.4, -0.2) is 26.8 Å². The molecule has 1 aliphatic carbocycles. The Bertz CT molecular complexity index is 466. The SMILES string of the molecule is COc1ccc(C2CC2CNCC(C)C)cc1OC(F)F. The van der Waals surface area contributed by atoms with Gasteiger partial charge in [-0.25, -0.2) is 0 Å². The van der Waals surface area contributed by atoms with E-state index in [1.54, 1.807) is 12.1 Å². The molecule has 2 unspecified atom stereocenters. The van der Waals surface area contributed by atoms with Crippen molar-refractivity contribution in [3.8, 4) is 11.5 Å². The van der Waals surface area contributed by atoms with Crippen molar-refractivity contribution in [2.75, 3.05) is 20.2 Å². The van der Waals surface area contributed by atoms with Crippen LogP contribution in [0.15, 0.2) is 18.2 Å². The van der Waals surface area contributed by atoms with Crippen molar-refractivity contribution in [3.05, 3.63) is 23.8 Å². The molecule has 0 amide bonds. The van der Waals surface area contributed by atoms with Crippen LogP contribution in [0.25, 0.3) is 0 Å². The maximum absolute atomic E-state index is 12.4. The number of hydrogen-bond donors (Lipinski definition) is 1. The molecule has 0 aliphatic heterocycles. The van der Waals surface area contributed by atoms with Gasteiger partial charge in [-0.15, -0.1) is 0 Å². The summed E-state index contributed by atoms with van der Waals surface area (Å²) >= 11 is 0. The van der Waals surface area contributed by atoms with E-state index in [1.807, 2.05) is 6.07 Å². The van der Waals surface area contributed by atoms with E-state index in [-0.39, 0.29) is 5.75 Å². The summed E-state index contributed by atoms with van der Waals surface area (Å²) in [7, 11) is 1.45. The van der Waals surface area contributed by atoms with Crippen LogP contribution in [0.2, 0.25) is 0 Å². The van der Waals surface area contributed by atoms with Crippen LogP contribution in [-0.2, 0) is 0 Å². The molecule has 2 atom stereocenters. The van der Waals surface area contributed by atoms with E-state index in [4.69, 9.17) is 4.74 Å². The Morgan fingerprint density at radius 1 is 1.29 bits per heavy atom. The second-order valence-corrected chi connectivity index (χ2v) is 5.94. The third-order valence-corrected chi connectivity index (χ3v) is 3.71. The zero-order valence-electron chi connectivity index (χ0n) is 12.7. The number of alkyl halides is 2. The topological polar surface area (TPSA) is 30.5 Å². The lowest BCUT2D eigenvalue weighted by Crippen LogP contribution is -2.22. The summed E-state index contributed by atoms with van der Waals surface area (Å²) in [5.41, 5.74) is 1.04. The average Bonchev–Trinajstić information content (AvgIpc) is 3.17. The first-order valence-corrected chi connectivity index (χ1v) is 7.34. The molecule has 0 radical (unpaired) electrons. The second kappa shape index (κ2) is 7.07. The molecule has 1 aliphatic rings. The molecule has 0 heterocycles. The van der Waals surface area contributed by atoms with Gasteiger partial charge in [0.2, 0.25) is 0 Å². The maximum Gasteiger partial charge on any atom is 0.387 e. The Hall–Kier alpha value is -1.36. The van der Waals surface area contributed by atoms with Gasteiger partial charge in [-0.2, -0.15) is 8.78 Å². The van der Waals surface area contributed by atoms with Crippen molar-refractivity contribution in [2.24, 2.45) is 11.8 Å². The fourth-order valence-corrected chi connectivity index (χ4v) is 2.55. The van der Waals surface area contributed by atoms with E-state index in [0.717, 1.165) is 25.1 Å². The van der Waals surface area contributed by atoms with Crippen LogP contribution < -0.4 is 14.8 Å². The lowest BCUT2D eigenvalue weighted by molar-refractivity contribution is -0.0512. The molecule has 1 N–H and O–H groups in total. The highest BCUT2D eigenvalue weighted by atomic mass is 19.3. The van der Waals surface area contributed by atoms with E-state index in [0.29, 0.717) is 23.5 Å². The molecule has 21 heavy (non-hydrogen) atoms. The van der Waals surface area contributed by atoms with Crippen LogP contribution >= 0.6 is 0 Å². The molecule has 1 saturated carbocycles. The van der Waals surface area contributed by atoms with Crippen molar-refractivity contribution >= 4 is 0 Å². The first kappa shape index (κ1) is 16.0. The van der Waals surface area contributed by atoms with Crippen LogP contribution in [0.3, 0.4) is 0 Å². The molecule has 3 nitrogen and oxygen atoms in total. The largest absolute Gasteiger partial charge is 0.493 e. The highest BCUT2D eigenvalue weighted by molar-refractivity contribution is 5.45. The molecule has 2 rings (SSSR count). The van der Waals surface area contributed by atoms with Crippen LogP contribution in [0.4, 0.5) is 8.78 Å². The van der Waals surface area contributed by atoms with Crippen molar-refractivity contribution in [3.63, 3.8) is 0 Å². The normalized spacial score (nSPS) is 20.9. The van der Waals surface area contributed by atoms with E-state index in [9.17, 15) is 8.78 Å². The number of hydrogen-bond acceptors (Lipinski definition) is 3. The summed E-state index contributed by atoms with van der Waals surface area (Å²) in [5, 5.41) is 3.44. The number of nitrogens with one attached hydrogen (secondary N) is 1. The van der Waals surface area contributed by atoms with Crippen LogP contribution in [0.5, 0.6) is 11.5 Å². The number of ether oxygens (including phenoxy) is 2. The Balaban J connectivity index is 1.95. The van der Waals surface area contributed by atoms with Crippen molar-refractivity contribution in [1.82, 2.24) is 5.32 Å². The van der Waals surface area contributed by atoms with Crippen LogP contribution in [0, 0.1) is 11.8 Å². The van der Waals surface area contributed by atoms with Gasteiger partial charge in [0.25, 0.3) is 0 Å². The minimum atomic E-state index is -2.84. The highest BCUT2D eigenvalue weighted by Crippen LogP contribution is 2.48. The average molecular weight is 299 g/mol. The Morgan fingerprint density at radius 3 is 2.67 bits per heavy atom. The number of methoxy groups -OCH3 is 1. The molecular weight excluding hydrogens is 276 g/mol. The van der Waals surface area contributed by atoms with E-state index in [2.05, 4.69) is 23.9 Å². The van der Waals surface area contributed by atoms with Gasteiger partial charge in [0.15, 0.2) is 11.5 Å². The standard InChI is InChI=1S/C16H23F2NO2/c1-10(2)8-19-9-12-6-13(12)11-4-5-14(20-3)15(7-11)21-16(17)18/h4-5,7,10,12-13,16,19H,6,8-9H2,1-3H3. The fraction of sp³-hybridized carbons (Fsp3) is 0.625. The first-order chi connectivity index (χ1) is 10.0. The van der Waals surface area contributed by atoms with Gasteiger partial charge in [0.05, 0.1) is 7.11 Å². The van der Waals surface area contributed by atoms with Gasteiger partial charge in [-0.1, -0.05) is 19.9 Å². The number of halogens is 2. The molecular formula is C16H23F2NO2. The zero-order chi connectivity index (χ0) is 15.4. The predicted octanol–water partition coefficient (Wildman–Crippen LogP) is 3.65. The Labute approximate surface area is 124 Å². The molecule has 5 heteroatoms. The molecule has 0 bridgehead atoms. The highest BCUT2D eigenvalue weighted by Gasteiger charge is 2.38. The van der Waals surface area contributed by atoms with E-state index in [1.165, 1.54) is 7.11 Å². The summed E-state index contributed by atoms with van der Waals surface area (Å²) in [6.07, 6.45) is 1.09. The third-order valence-electron chi connectivity index (χ3n) is 3.71. The zero-order valence-corrected chi connectivity index (χ0v) is 12.7. The summed E-state index contributed by atoms with van der Waals surface area (Å²) in [4.78, 5) is 0. The maximum atomic E-state index is 12.4. The molecule has 0 aromatic heterocycles. The predicted molar refractivity (Wildman–Crippen MR) is 78.2 cm³/mol. The van der Waals surface area contributed by atoms with Gasteiger partial charge < -0.3 is 14.8 Å². The third kappa shape index (κ3) is 4.56. The lowest BCUT2D eigenvalue weighted by Gasteiger charge is -2.12. The van der Waals surface area contributed by atoms with Crippen LogP contribution in [0.1, 0.15) is 31.7 Å². The van der Waals surface area contributed by atoms with E-state index < -0.39 is 6.61 Å². The minimum Gasteiger partial charge on any atom is -0.493 e.